The minimum Gasteiger partial charge on any atom is -0.507 e. The topological polar surface area (TPSA) is 49.7 Å². The average Bonchev–Trinajstić information content (AvgIpc) is 2.34. The lowest BCUT2D eigenvalue weighted by Crippen LogP contribution is -2.20. The number of phenolic OH excluding ortho intramolecular Hbond substituents is 2. The Labute approximate surface area is 130 Å². The second-order valence-corrected chi connectivity index (χ2v) is 7.11. The predicted molar refractivity (Wildman–Crippen MR) is 89.8 cm³/mol. The Balaban J connectivity index is 0.00000191. The van der Waals surface area contributed by atoms with Crippen molar-refractivity contribution >= 4 is 0 Å². The lowest BCUT2D eigenvalue weighted by molar-refractivity contribution is 0.352. The highest BCUT2D eigenvalue weighted by Crippen LogP contribution is 2.50. The van der Waals surface area contributed by atoms with Crippen molar-refractivity contribution in [2.75, 3.05) is 7.11 Å². The molecule has 2 N–H and O–H groups in total. The molecule has 0 saturated carbocycles. The number of hydrogen-bond acceptors (Lipinski definition) is 3. The molecule has 0 aromatic heterocycles. The van der Waals surface area contributed by atoms with Gasteiger partial charge < -0.3 is 14.9 Å². The maximum absolute atomic E-state index is 10.4. The van der Waals surface area contributed by atoms with Gasteiger partial charge >= 0.3 is 0 Å². The van der Waals surface area contributed by atoms with Crippen LogP contribution in [0.25, 0.3) is 0 Å². The SMILES string of the molecule is CC.COc1c(C(C)(C)C)c(O)c(C)c(O)c1C(C)(C)C. The molecular weight excluding hydrogens is 264 g/mol. The lowest BCUT2D eigenvalue weighted by atomic mass is 9.77. The molecule has 0 aliphatic heterocycles. The average molecular weight is 296 g/mol. The lowest BCUT2D eigenvalue weighted by Gasteiger charge is -2.31. The summed E-state index contributed by atoms with van der Waals surface area (Å²) >= 11 is 0. The Morgan fingerprint density at radius 2 is 1.05 bits per heavy atom. The molecular formula is C18H32O3. The van der Waals surface area contributed by atoms with Crippen molar-refractivity contribution in [3.8, 4) is 17.2 Å². The highest BCUT2D eigenvalue weighted by molar-refractivity contribution is 5.65. The first kappa shape index (κ1) is 19.6. The number of phenols is 2. The normalized spacial score (nSPS) is 11.7. The molecule has 3 nitrogen and oxygen atoms in total. The van der Waals surface area contributed by atoms with Crippen molar-refractivity contribution in [3.63, 3.8) is 0 Å². The van der Waals surface area contributed by atoms with E-state index in [4.69, 9.17) is 4.74 Å². The third-order valence-electron chi connectivity index (χ3n) is 3.34. The van der Waals surface area contributed by atoms with Crippen molar-refractivity contribution in [2.24, 2.45) is 0 Å². The van der Waals surface area contributed by atoms with E-state index in [1.807, 2.05) is 55.4 Å². The molecule has 0 radical (unpaired) electrons. The van der Waals surface area contributed by atoms with Crippen molar-refractivity contribution in [3.05, 3.63) is 16.7 Å². The first-order valence-electron chi connectivity index (χ1n) is 7.56. The number of benzene rings is 1. The molecule has 122 valence electrons. The smallest absolute Gasteiger partial charge is 0.133 e. The van der Waals surface area contributed by atoms with E-state index >= 15 is 0 Å². The van der Waals surface area contributed by atoms with Gasteiger partial charge in [-0.1, -0.05) is 55.4 Å². The molecule has 1 rings (SSSR count). The van der Waals surface area contributed by atoms with Gasteiger partial charge in [0.25, 0.3) is 0 Å². The number of ether oxygens (including phenoxy) is 1. The fraction of sp³-hybridized carbons (Fsp3) is 0.667. The van der Waals surface area contributed by atoms with E-state index < -0.39 is 0 Å². The fourth-order valence-electron chi connectivity index (χ4n) is 2.42. The molecule has 0 saturated heterocycles. The molecule has 0 fully saturated rings. The predicted octanol–water partition coefficient (Wildman–Crippen LogP) is 5.04. The largest absolute Gasteiger partial charge is 0.507 e. The maximum atomic E-state index is 10.4. The van der Waals surface area contributed by atoms with E-state index in [1.54, 1.807) is 14.0 Å². The van der Waals surface area contributed by atoms with Crippen LogP contribution in [0.1, 0.15) is 72.1 Å². The number of aromatic hydroxyl groups is 2. The summed E-state index contributed by atoms with van der Waals surface area (Å²) in [5, 5.41) is 20.8. The third kappa shape index (κ3) is 3.84. The van der Waals surface area contributed by atoms with Gasteiger partial charge in [0, 0.05) is 16.7 Å². The van der Waals surface area contributed by atoms with Crippen LogP contribution in [-0.4, -0.2) is 17.3 Å². The van der Waals surface area contributed by atoms with E-state index in [9.17, 15) is 10.2 Å². The van der Waals surface area contributed by atoms with Crippen LogP contribution in [0.5, 0.6) is 17.2 Å². The summed E-state index contributed by atoms with van der Waals surface area (Å²) in [4.78, 5) is 0. The van der Waals surface area contributed by atoms with Crippen LogP contribution in [-0.2, 0) is 10.8 Å². The van der Waals surface area contributed by atoms with Crippen LogP contribution >= 0.6 is 0 Å². The molecule has 0 unspecified atom stereocenters. The van der Waals surface area contributed by atoms with Gasteiger partial charge in [0.15, 0.2) is 0 Å². The first-order chi connectivity index (χ1) is 9.42. The molecule has 3 heteroatoms. The monoisotopic (exact) mass is 296 g/mol. The van der Waals surface area contributed by atoms with Crippen LogP contribution in [0.2, 0.25) is 0 Å². The maximum Gasteiger partial charge on any atom is 0.133 e. The molecule has 0 amide bonds. The second-order valence-electron chi connectivity index (χ2n) is 7.11. The third-order valence-corrected chi connectivity index (χ3v) is 3.34. The standard InChI is InChI=1S/C16H26O3.C2H6/c1-9-12(17)10(15(2,3)4)14(19-8)11(13(9)18)16(5,6)7;1-2/h17-18H,1-8H3;1-2H3. The molecule has 21 heavy (non-hydrogen) atoms. The van der Waals surface area contributed by atoms with Gasteiger partial charge in [-0.2, -0.15) is 0 Å². The van der Waals surface area contributed by atoms with Crippen LogP contribution in [0, 0.1) is 6.92 Å². The zero-order valence-electron chi connectivity index (χ0n) is 15.3. The second kappa shape index (κ2) is 6.59. The Kier molecular flexibility index (Phi) is 6.16. The van der Waals surface area contributed by atoms with Crippen LogP contribution < -0.4 is 4.74 Å². The van der Waals surface area contributed by atoms with Crippen molar-refractivity contribution in [2.45, 2.75) is 73.1 Å². The molecule has 0 heterocycles. The van der Waals surface area contributed by atoms with Crippen molar-refractivity contribution in [1.29, 1.82) is 0 Å². The van der Waals surface area contributed by atoms with Crippen molar-refractivity contribution in [1.82, 2.24) is 0 Å². The quantitative estimate of drug-likeness (QED) is 0.763. The van der Waals surface area contributed by atoms with E-state index in [2.05, 4.69) is 0 Å². The van der Waals surface area contributed by atoms with Crippen LogP contribution in [0.15, 0.2) is 0 Å². The zero-order chi connectivity index (χ0) is 17.2. The van der Waals surface area contributed by atoms with Crippen molar-refractivity contribution < 1.29 is 14.9 Å². The molecule has 0 spiro atoms. The van der Waals surface area contributed by atoms with E-state index in [0.29, 0.717) is 11.3 Å². The van der Waals surface area contributed by atoms with Gasteiger partial charge in [-0.05, 0) is 17.8 Å². The van der Waals surface area contributed by atoms with Gasteiger partial charge in [-0.3, -0.25) is 0 Å². The summed E-state index contributed by atoms with van der Waals surface area (Å²) in [5.41, 5.74) is 1.46. The van der Waals surface area contributed by atoms with Gasteiger partial charge in [0.05, 0.1) is 7.11 Å². The molecule has 0 aliphatic rings. The fourth-order valence-corrected chi connectivity index (χ4v) is 2.42. The molecule has 0 aliphatic carbocycles. The van der Waals surface area contributed by atoms with Gasteiger partial charge in [-0.25, -0.2) is 0 Å². The summed E-state index contributed by atoms with van der Waals surface area (Å²) in [6.45, 7) is 17.9. The minimum absolute atomic E-state index is 0.120. The van der Waals surface area contributed by atoms with Crippen LogP contribution in [0.3, 0.4) is 0 Å². The Morgan fingerprint density at radius 3 is 1.24 bits per heavy atom. The Bertz CT molecular complexity index is 448. The zero-order valence-corrected chi connectivity index (χ0v) is 15.3. The van der Waals surface area contributed by atoms with Gasteiger partial charge in [0.1, 0.15) is 17.2 Å². The molecule has 0 atom stereocenters. The van der Waals surface area contributed by atoms with Crippen LogP contribution in [0.4, 0.5) is 0 Å². The number of rotatable bonds is 1. The summed E-state index contributed by atoms with van der Waals surface area (Å²) < 4.78 is 5.53. The molecule has 1 aromatic carbocycles. The number of hydrogen-bond donors (Lipinski definition) is 2. The molecule has 0 bridgehead atoms. The summed E-state index contributed by atoms with van der Waals surface area (Å²) in [5.74, 6) is 0.824. The minimum atomic E-state index is -0.270. The summed E-state index contributed by atoms with van der Waals surface area (Å²) in [6.07, 6.45) is 0. The van der Waals surface area contributed by atoms with E-state index in [1.165, 1.54) is 0 Å². The van der Waals surface area contributed by atoms with Gasteiger partial charge in [0.2, 0.25) is 0 Å². The summed E-state index contributed by atoms with van der Waals surface area (Å²) in [7, 11) is 1.58. The summed E-state index contributed by atoms with van der Waals surface area (Å²) in [6, 6.07) is 0. The van der Waals surface area contributed by atoms with E-state index in [0.717, 1.165) is 11.1 Å². The molecule has 1 aromatic rings. The first-order valence-corrected chi connectivity index (χ1v) is 7.56. The number of methoxy groups -OCH3 is 1. The van der Waals surface area contributed by atoms with E-state index in [-0.39, 0.29) is 22.3 Å². The van der Waals surface area contributed by atoms with Gasteiger partial charge in [-0.15, -0.1) is 0 Å². The highest BCUT2D eigenvalue weighted by Gasteiger charge is 2.34. The highest BCUT2D eigenvalue weighted by atomic mass is 16.5. The Hall–Kier alpha value is -1.38. The Morgan fingerprint density at radius 1 is 0.762 bits per heavy atom.